The van der Waals surface area contributed by atoms with Gasteiger partial charge in [0.15, 0.2) is 0 Å². The Morgan fingerprint density at radius 1 is 1.26 bits per heavy atom. The lowest BCUT2D eigenvalue weighted by molar-refractivity contribution is 0.0910. The molecule has 0 heterocycles. The van der Waals surface area contributed by atoms with Gasteiger partial charge in [0, 0.05) is 17.4 Å². The number of nitrogens with one attached hydrogen (secondary N) is 1. The molecule has 19 heavy (non-hydrogen) atoms. The van der Waals surface area contributed by atoms with Crippen LogP contribution < -0.4 is 16.8 Å². The Morgan fingerprint density at radius 3 is 2.47 bits per heavy atom. The first-order chi connectivity index (χ1) is 8.87. The van der Waals surface area contributed by atoms with Crippen LogP contribution in [0.2, 0.25) is 0 Å². The highest BCUT2D eigenvalue weighted by Gasteiger charge is 2.27. The van der Waals surface area contributed by atoms with Crippen LogP contribution in [0.5, 0.6) is 0 Å². The summed E-state index contributed by atoms with van der Waals surface area (Å²) in [5.74, 6) is -0.0952. The highest BCUT2D eigenvalue weighted by atomic mass is 16.1. The maximum Gasteiger partial charge on any atom is 0.253 e. The summed E-state index contributed by atoms with van der Waals surface area (Å²) in [5.41, 5.74) is 13.4. The Morgan fingerprint density at radius 2 is 1.89 bits per heavy atom. The average Bonchev–Trinajstić information content (AvgIpc) is 2.31. The number of nitrogens with two attached hydrogens (primary N) is 2. The number of rotatable bonds is 2. The van der Waals surface area contributed by atoms with Gasteiger partial charge < -0.3 is 16.8 Å². The summed E-state index contributed by atoms with van der Waals surface area (Å²) in [6.07, 6.45) is 4.37. The van der Waals surface area contributed by atoms with Crippen molar-refractivity contribution < 1.29 is 4.79 Å². The Bertz CT molecular complexity index is 472. The van der Waals surface area contributed by atoms with Gasteiger partial charge in [0.1, 0.15) is 0 Å². The van der Waals surface area contributed by atoms with E-state index in [1.54, 1.807) is 18.2 Å². The van der Waals surface area contributed by atoms with Crippen LogP contribution in [0.4, 0.5) is 11.4 Å². The lowest BCUT2D eigenvalue weighted by atomic mass is 9.75. The first-order valence-corrected chi connectivity index (χ1v) is 6.83. The van der Waals surface area contributed by atoms with Gasteiger partial charge in [-0.1, -0.05) is 13.8 Å². The molecule has 1 aliphatic rings. The molecular formula is C15H23N3O. The molecule has 1 aliphatic carbocycles. The van der Waals surface area contributed by atoms with E-state index in [4.69, 9.17) is 11.5 Å². The molecule has 0 aromatic heterocycles. The molecule has 0 radical (unpaired) electrons. The van der Waals surface area contributed by atoms with Gasteiger partial charge in [0.2, 0.25) is 0 Å². The van der Waals surface area contributed by atoms with Gasteiger partial charge in [0.25, 0.3) is 5.91 Å². The quantitative estimate of drug-likeness (QED) is 0.716. The van der Waals surface area contributed by atoms with E-state index in [1.165, 1.54) is 0 Å². The van der Waals surface area contributed by atoms with Gasteiger partial charge in [-0.2, -0.15) is 0 Å². The molecule has 1 amide bonds. The molecule has 0 spiro atoms. The van der Waals surface area contributed by atoms with Crippen LogP contribution in [0.15, 0.2) is 18.2 Å². The third-order valence-corrected chi connectivity index (χ3v) is 3.99. The van der Waals surface area contributed by atoms with Crippen LogP contribution >= 0.6 is 0 Å². The lowest BCUT2D eigenvalue weighted by Gasteiger charge is -2.34. The topological polar surface area (TPSA) is 81.1 Å². The molecule has 1 aromatic carbocycles. The largest absolute Gasteiger partial charge is 0.399 e. The van der Waals surface area contributed by atoms with E-state index in [0.29, 0.717) is 22.4 Å². The number of hydrogen-bond donors (Lipinski definition) is 3. The van der Waals surface area contributed by atoms with E-state index in [9.17, 15) is 4.79 Å². The number of carbonyl (C=O) groups excluding carboxylic acids is 1. The SMILES string of the molecule is CC1(C)CCC(NC(=O)c2ccc(N)cc2N)CC1. The van der Waals surface area contributed by atoms with Crippen LogP contribution in [0, 0.1) is 5.41 Å². The monoisotopic (exact) mass is 261 g/mol. The van der Waals surface area contributed by atoms with Gasteiger partial charge in [-0.25, -0.2) is 0 Å². The number of amides is 1. The number of nitrogen functional groups attached to an aromatic ring is 2. The molecule has 0 bridgehead atoms. The zero-order chi connectivity index (χ0) is 14.0. The minimum atomic E-state index is -0.0952. The zero-order valence-electron chi connectivity index (χ0n) is 11.7. The van der Waals surface area contributed by atoms with Gasteiger partial charge in [-0.05, 0) is 49.3 Å². The van der Waals surface area contributed by atoms with Crippen LogP contribution in [0.1, 0.15) is 49.9 Å². The van der Waals surface area contributed by atoms with E-state index < -0.39 is 0 Å². The van der Waals surface area contributed by atoms with Crippen LogP contribution in [0.3, 0.4) is 0 Å². The van der Waals surface area contributed by atoms with Crippen molar-refractivity contribution in [3.05, 3.63) is 23.8 Å². The fourth-order valence-corrected chi connectivity index (χ4v) is 2.59. The second-order valence-electron chi connectivity index (χ2n) is 6.26. The molecule has 4 nitrogen and oxygen atoms in total. The van der Waals surface area contributed by atoms with Crippen molar-refractivity contribution >= 4 is 17.3 Å². The number of anilines is 2. The van der Waals surface area contributed by atoms with Crippen molar-refractivity contribution in [2.75, 3.05) is 11.5 Å². The third kappa shape index (κ3) is 3.40. The summed E-state index contributed by atoms with van der Waals surface area (Å²) < 4.78 is 0. The smallest absolute Gasteiger partial charge is 0.253 e. The zero-order valence-corrected chi connectivity index (χ0v) is 11.7. The Hall–Kier alpha value is -1.71. The highest BCUT2D eigenvalue weighted by Crippen LogP contribution is 2.35. The molecule has 0 unspecified atom stereocenters. The minimum absolute atomic E-state index is 0.0952. The minimum Gasteiger partial charge on any atom is -0.399 e. The number of hydrogen-bond acceptors (Lipinski definition) is 3. The summed E-state index contributed by atoms with van der Waals surface area (Å²) in [6, 6.07) is 5.28. The summed E-state index contributed by atoms with van der Waals surface area (Å²) in [4.78, 5) is 12.2. The van der Waals surface area contributed by atoms with Crippen molar-refractivity contribution in [3.63, 3.8) is 0 Å². The van der Waals surface area contributed by atoms with Crippen molar-refractivity contribution in [2.45, 2.75) is 45.6 Å². The standard InChI is InChI=1S/C15H23N3O/c1-15(2)7-5-11(6-8-15)18-14(19)12-4-3-10(16)9-13(12)17/h3-4,9,11H,5-8,16-17H2,1-2H3,(H,18,19). The molecule has 4 heteroatoms. The molecule has 104 valence electrons. The number of benzene rings is 1. The van der Waals surface area contributed by atoms with Crippen molar-refractivity contribution in [2.24, 2.45) is 5.41 Å². The molecule has 1 saturated carbocycles. The molecule has 0 atom stereocenters. The van der Waals surface area contributed by atoms with Gasteiger partial charge >= 0.3 is 0 Å². The predicted octanol–water partition coefficient (Wildman–Crippen LogP) is 2.55. The van der Waals surface area contributed by atoms with E-state index >= 15 is 0 Å². The fraction of sp³-hybridized carbons (Fsp3) is 0.533. The van der Waals surface area contributed by atoms with Gasteiger partial charge in [-0.15, -0.1) is 0 Å². The molecule has 0 aliphatic heterocycles. The van der Waals surface area contributed by atoms with Gasteiger partial charge in [0.05, 0.1) is 5.56 Å². The number of carbonyl (C=O) groups is 1. The fourth-order valence-electron chi connectivity index (χ4n) is 2.59. The molecule has 0 saturated heterocycles. The second-order valence-corrected chi connectivity index (χ2v) is 6.26. The molecular weight excluding hydrogens is 238 g/mol. The van der Waals surface area contributed by atoms with Crippen LogP contribution in [-0.2, 0) is 0 Å². The van der Waals surface area contributed by atoms with Crippen molar-refractivity contribution in [1.82, 2.24) is 5.32 Å². The predicted molar refractivity (Wildman–Crippen MR) is 78.8 cm³/mol. The van der Waals surface area contributed by atoms with E-state index in [0.717, 1.165) is 25.7 Å². The first kappa shape index (κ1) is 13.7. The third-order valence-electron chi connectivity index (χ3n) is 3.99. The lowest BCUT2D eigenvalue weighted by Crippen LogP contribution is -2.39. The highest BCUT2D eigenvalue weighted by molar-refractivity contribution is 5.99. The van der Waals surface area contributed by atoms with E-state index in [1.807, 2.05) is 0 Å². The van der Waals surface area contributed by atoms with Crippen molar-refractivity contribution in [1.29, 1.82) is 0 Å². The molecule has 1 fully saturated rings. The molecule has 5 N–H and O–H groups in total. The maximum atomic E-state index is 12.2. The Kier molecular flexibility index (Phi) is 3.69. The average molecular weight is 261 g/mol. The first-order valence-electron chi connectivity index (χ1n) is 6.83. The Labute approximate surface area is 114 Å². The summed E-state index contributed by atoms with van der Waals surface area (Å²) in [6.45, 7) is 4.56. The van der Waals surface area contributed by atoms with Crippen LogP contribution in [-0.4, -0.2) is 11.9 Å². The molecule has 2 rings (SSSR count). The summed E-state index contributed by atoms with van der Waals surface area (Å²) in [7, 11) is 0. The maximum absolute atomic E-state index is 12.2. The summed E-state index contributed by atoms with van der Waals surface area (Å²) >= 11 is 0. The van der Waals surface area contributed by atoms with Crippen LogP contribution in [0.25, 0.3) is 0 Å². The van der Waals surface area contributed by atoms with E-state index in [2.05, 4.69) is 19.2 Å². The van der Waals surface area contributed by atoms with Crippen molar-refractivity contribution in [3.8, 4) is 0 Å². The summed E-state index contributed by atoms with van der Waals surface area (Å²) in [5, 5.41) is 3.07. The Balaban J connectivity index is 1.98. The second kappa shape index (κ2) is 5.11. The van der Waals surface area contributed by atoms with E-state index in [-0.39, 0.29) is 11.9 Å². The molecule has 1 aromatic rings. The normalized spacial score (nSPS) is 19.1. The van der Waals surface area contributed by atoms with Gasteiger partial charge in [-0.3, -0.25) is 4.79 Å².